The average molecular weight is 299 g/mol. The van der Waals surface area contributed by atoms with E-state index in [1.807, 2.05) is 0 Å². The number of aromatic amines is 1. The van der Waals surface area contributed by atoms with E-state index in [0.29, 0.717) is 0 Å². The maximum Gasteiger partial charge on any atom is 0.280 e. The summed E-state index contributed by atoms with van der Waals surface area (Å²) < 4.78 is 25.5. The van der Waals surface area contributed by atoms with Gasteiger partial charge in [0.2, 0.25) is 5.95 Å². The van der Waals surface area contributed by atoms with Crippen molar-refractivity contribution >= 4 is 17.1 Å². The van der Waals surface area contributed by atoms with Crippen molar-refractivity contribution in [2.45, 2.75) is 24.6 Å². The molecule has 0 aromatic carbocycles. The van der Waals surface area contributed by atoms with Gasteiger partial charge in [-0.2, -0.15) is 4.98 Å². The van der Waals surface area contributed by atoms with Gasteiger partial charge in [0.25, 0.3) is 5.56 Å². The molecule has 0 bridgehead atoms. The second-order valence-corrected chi connectivity index (χ2v) is 4.73. The van der Waals surface area contributed by atoms with Crippen molar-refractivity contribution in [1.82, 2.24) is 19.5 Å². The minimum Gasteiger partial charge on any atom is -0.385 e. The molecular formula is C11H14FN5O4. The Balaban J connectivity index is 2.03. The van der Waals surface area contributed by atoms with E-state index in [2.05, 4.69) is 15.0 Å². The monoisotopic (exact) mass is 299 g/mol. The number of nitrogen functional groups attached to an aromatic ring is 1. The maximum absolute atomic E-state index is 14.0. The summed E-state index contributed by atoms with van der Waals surface area (Å²) in [5, 5.41) is 9.98. The first-order valence-corrected chi connectivity index (χ1v) is 6.21. The number of hydrogen-bond acceptors (Lipinski definition) is 7. The van der Waals surface area contributed by atoms with Crippen LogP contribution in [0.5, 0.6) is 0 Å². The summed E-state index contributed by atoms with van der Waals surface area (Å²) in [5.74, 6) is -0.105. The average Bonchev–Trinajstić information content (AvgIpc) is 2.96. The minimum absolute atomic E-state index is 0.00247. The molecule has 0 radical (unpaired) electrons. The number of aromatic nitrogens is 4. The van der Waals surface area contributed by atoms with E-state index >= 15 is 0 Å². The van der Waals surface area contributed by atoms with Gasteiger partial charge in [0, 0.05) is 7.11 Å². The lowest BCUT2D eigenvalue weighted by molar-refractivity contribution is -0.0555. The highest BCUT2D eigenvalue weighted by Crippen LogP contribution is 2.32. The largest absolute Gasteiger partial charge is 0.385 e. The lowest BCUT2D eigenvalue weighted by atomic mass is 10.1. The fourth-order valence-corrected chi connectivity index (χ4v) is 2.37. The molecule has 1 saturated heterocycles. The molecule has 3 heterocycles. The summed E-state index contributed by atoms with van der Waals surface area (Å²) in [6, 6.07) is 0. The standard InChI is InChI=1S/C11H14FN5O4/c1-20-2-4-5(12)7(18)10(21-4)17-3-14-6-8(17)15-11(13)16-9(6)19/h3-5,7,10,18H,2H2,1H3,(H3,13,15,16,19)/t4-,5-,7-,10-/m1/s1. The van der Waals surface area contributed by atoms with Gasteiger partial charge in [-0.3, -0.25) is 14.3 Å². The summed E-state index contributed by atoms with van der Waals surface area (Å²) in [4.78, 5) is 21.8. The molecule has 0 saturated carbocycles. The normalized spacial score (nSPS) is 29.3. The summed E-state index contributed by atoms with van der Waals surface area (Å²) >= 11 is 0. The predicted octanol–water partition coefficient (Wildman–Crippen LogP) is -1.06. The molecular weight excluding hydrogens is 285 g/mol. The first-order valence-electron chi connectivity index (χ1n) is 6.21. The number of H-pyrrole nitrogens is 1. The van der Waals surface area contributed by atoms with Crippen LogP contribution in [-0.2, 0) is 9.47 Å². The molecule has 114 valence electrons. The van der Waals surface area contributed by atoms with Crippen LogP contribution in [0.1, 0.15) is 6.23 Å². The molecule has 0 unspecified atom stereocenters. The van der Waals surface area contributed by atoms with Crippen LogP contribution in [0.4, 0.5) is 10.3 Å². The van der Waals surface area contributed by atoms with Gasteiger partial charge in [0.15, 0.2) is 23.6 Å². The van der Waals surface area contributed by atoms with Gasteiger partial charge in [0.05, 0.1) is 12.9 Å². The SMILES string of the molecule is COC[C@H]1O[C@@H](n2cnc3c(=O)[nH]c(N)nc32)[C@H](O)[C@@H]1F. The number of nitrogens with one attached hydrogen (secondary N) is 1. The van der Waals surface area contributed by atoms with E-state index < -0.39 is 30.2 Å². The Kier molecular flexibility index (Phi) is 3.35. The Morgan fingerprint density at radius 1 is 1.67 bits per heavy atom. The maximum atomic E-state index is 14.0. The number of aliphatic hydroxyl groups excluding tert-OH is 1. The summed E-state index contributed by atoms with van der Waals surface area (Å²) in [7, 11) is 1.41. The first kappa shape index (κ1) is 13.9. The van der Waals surface area contributed by atoms with Crippen molar-refractivity contribution in [2.24, 2.45) is 0 Å². The van der Waals surface area contributed by atoms with E-state index in [9.17, 15) is 14.3 Å². The number of nitrogens with two attached hydrogens (primary N) is 1. The van der Waals surface area contributed by atoms with Crippen LogP contribution in [0.3, 0.4) is 0 Å². The molecule has 1 aliphatic heterocycles. The topological polar surface area (TPSA) is 128 Å². The molecule has 0 amide bonds. The molecule has 3 rings (SSSR count). The highest BCUT2D eigenvalue weighted by Gasteiger charge is 2.45. The molecule has 2 aromatic heterocycles. The number of ether oxygens (including phenoxy) is 2. The van der Waals surface area contributed by atoms with Crippen molar-refractivity contribution in [3.63, 3.8) is 0 Å². The van der Waals surface area contributed by atoms with Gasteiger partial charge in [-0.1, -0.05) is 0 Å². The number of alkyl halides is 1. The summed E-state index contributed by atoms with van der Waals surface area (Å²) in [6.45, 7) is -0.00247. The van der Waals surface area contributed by atoms with E-state index in [-0.39, 0.29) is 23.7 Å². The highest BCUT2D eigenvalue weighted by molar-refractivity contribution is 5.70. The molecule has 2 aromatic rings. The smallest absolute Gasteiger partial charge is 0.280 e. The molecule has 1 fully saturated rings. The van der Waals surface area contributed by atoms with Gasteiger partial charge in [0.1, 0.15) is 12.2 Å². The number of methoxy groups -OCH3 is 1. The van der Waals surface area contributed by atoms with Crippen LogP contribution in [-0.4, -0.2) is 56.7 Å². The number of aliphatic hydroxyl groups is 1. The van der Waals surface area contributed by atoms with Crippen LogP contribution in [0.15, 0.2) is 11.1 Å². The van der Waals surface area contributed by atoms with Crippen molar-refractivity contribution in [2.75, 3.05) is 19.5 Å². The number of anilines is 1. The van der Waals surface area contributed by atoms with Crippen LogP contribution in [0, 0.1) is 0 Å². The van der Waals surface area contributed by atoms with Crippen LogP contribution in [0.2, 0.25) is 0 Å². The van der Waals surface area contributed by atoms with Crippen molar-refractivity contribution in [3.8, 4) is 0 Å². The van der Waals surface area contributed by atoms with Crippen molar-refractivity contribution in [1.29, 1.82) is 0 Å². The third-order valence-corrected chi connectivity index (χ3v) is 3.34. The number of halogens is 1. The number of imidazole rings is 1. The molecule has 9 nitrogen and oxygen atoms in total. The lowest BCUT2D eigenvalue weighted by Gasteiger charge is -2.16. The van der Waals surface area contributed by atoms with E-state index in [1.54, 1.807) is 0 Å². The second kappa shape index (κ2) is 5.06. The predicted molar refractivity (Wildman–Crippen MR) is 69.2 cm³/mol. The molecule has 21 heavy (non-hydrogen) atoms. The zero-order valence-electron chi connectivity index (χ0n) is 11.1. The fraction of sp³-hybridized carbons (Fsp3) is 0.545. The molecule has 1 aliphatic rings. The lowest BCUT2D eigenvalue weighted by Crippen LogP contribution is -2.30. The zero-order valence-corrected chi connectivity index (χ0v) is 11.1. The molecule has 0 aliphatic carbocycles. The quantitative estimate of drug-likeness (QED) is 0.659. The molecule has 4 atom stereocenters. The van der Waals surface area contributed by atoms with Gasteiger partial charge < -0.3 is 20.3 Å². The third-order valence-electron chi connectivity index (χ3n) is 3.34. The highest BCUT2D eigenvalue weighted by atomic mass is 19.1. The van der Waals surface area contributed by atoms with Gasteiger partial charge in [-0.25, -0.2) is 9.37 Å². The Hall–Kier alpha value is -2.04. The summed E-state index contributed by atoms with van der Waals surface area (Å²) in [5.41, 5.74) is 5.11. The van der Waals surface area contributed by atoms with E-state index in [0.717, 1.165) is 0 Å². The van der Waals surface area contributed by atoms with Crippen molar-refractivity contribution in [3.05, 3.63) is 16.7 Å². The fourth-order valence-electron chi connectivity index (χ4n) is 2.37. The first-order chi connectivity index (χ1) is 10.0. The zero-order chi connectivity index (χ0) is 15.1. The number of hydrogen-bond donors (Lipinski definition) is 3. The second-order valence-electron chi connectivity index (χ2n) is 4.73. The van der Waals surface area contributed by atoms with Crippen LogP contribution < -0.4 is 11.3 Å². The Bertz CT molecular complexity index is 716. The Morgan fingerprint density at radius 3 is 3.14 bits per heavy atom. The van der Waals surface area contributed by atoms with E-state index in [1.165, 1.54) is 18.0 Å². The Morgan fingerprint density at radius 2 is 2.43 bits per heavy atom. The molecule has 10 heteroatoms. The number of nitrogens with zero attached hydrogens (tertiary/aromatic N) is 3. The summed E-state index contributed by atoms with van der Waals surface area (Å²) in [6.07, 6.45) is -3.76. The Labute approximate surface area is 117 Å². The van der Waals surface area contributed by atoms with Gasteiger partial charge >= 0.3 is 0 Å². The molecule has 0 spiro atoms. The minimum atomic E-state index is -1.62. The number of rotatable bonds is 3. The van der Waals surface area contributed by atoms with Crippen LogP contribution in [0.25, 0.3) is 11.2 Å². The molecule has 4 N–H and O–H groups in total. The van der Waals surface area contributed by atoms with E-state index in [4.69, 9.17) is 15.2 Å². The van der Waals surface area contributed by atoms with Gasteiger partial charge in [-0.05, 0) is 0 Å². The van der Waals surface area contributed by atoms with Crippen molar-refractivity contribution < 1.29 is 19.0 Å². The van der Waals surface area contributed by atoms with Gasteiger partial charge in [-0.15, -0.1) is 0 Å². The third kappa shape index (κ3) is 2.17. The van der Waals surface area contributed by atoms with Crippen LogP contribution >= 0.6 is 0 Å². The number of fused-ring (bicyclic) bond motifs is 1.